The topological polar surface area (TPSA) is 175 Å². The van der Waals surface area contributed by atoms with Crippen LogP contribution in [0.25, 0.3) is 0 Å². The van der Waals surface area contributed by atoms with Gasteiger partial charge in [-0.25, -0.2) is 0 Å². The number of esters is 1. The molecule has 11 heteroatoms. The molecule has 0 aromatic heterocycles. The Bertz CT molecular complexity index is 1520. The first-order valence-electron chi connectivity index (χ1n) is 29.9. The van der Waals surface area contributed by atoms with Crippen molar-refractivity contribution in [2.24, 2.45) is 0 Å². The van der Waals surface area contributed by atoms with Crippen molar-refractivity contribution in [2.45, 2.75) is 288 Å². The van der Waals surface area contributed by atoms with Gasteiger partial charge in [-0.15, -0.1) is 0 Å². The van der Waals surface area contributed by atoms with Crippen LogP contribution in [0.2, 0.25) is 0 Å². The van der Waals surface area contributed by atoms with Crippen molar-refractivity contribution in [1.29, 1.82) is 0 Å². The standard InChI is InChI=1S/C63H109NO10/c1-4-7-10-13-16-19-22-25-26-27-28-29-30-31-32-33-36-39-42-45-48-51-58(68)74-61-60(70)59(69)57(52-65)73-63(61)72-53-54(55(66)49-46-43-40-37-34-23-20-17-14-11-8-5-2)64-62(71)56(67)50-47-44-41-38-35-24-21-18-15-12-9-6-3/h7,10,16,19,25-26,28-29,31-32,36,39,46,49,54-57,59-61,63,65-67,69-70H,4-6,8-9,11-15,17-18,20-24,27,30,33-35,37-38,40-45,47-48,50-53H2,1-3H3,(H,64,71)/b10-7-,19-16-,26-25-,29-28-,32-31-,39-36-,49-46+. The lowest BCUT2D eigenvalue weighted by Gasteiger charge is -2.41. The maximum Gasteiger partial charge on any atom is 0.306 e. The fourth-order valence-electron chi connectivity index (χ4n) is 8.83. The van der Waals surface area contributed by atoms with E-state index in [0.29, 0.717) is 12.8 Å². The van der Waals surface area contributed by atoms with E-state index in [9.17, 15) is 35.1 Å². The Morgan fingerprint density at radius 3 is 1.46 bits per heavy atom. The van der Waals surface area contributed by atoms with E-state index in [1.165, 1.54) is 103 Å². The second-order valence-electron chi connectivity index (χ2n) is 20.4. The van der Waals surface area contributed by atoms with Crippen molar-refractivity contribution in [3.63, 3.8) is 0 Å². The molecule has 1 fully saturated rings. The number of nitrogens with one attached hydrogen (secondary N) is 1. The van der Waals surface area contributed by atoms with E-state index >= 15 is 0 Å². The smallest absolute Gasteiger partial charge is 0.306 e. The van der Waals surface area contributed by atoms with Gasteiger partial charge in [-0.3, -0.25) is 9.59 Å². The molecule has 1 rings (SSSR count). The summed E-state index contributed by atoms with van der Waals surface area (Å²) in [6.07, 6.45) is 54.8. The predicted molar refractivity (Wildman–Crippen MR) is 306 cm³/mol. The van der Waals surface area contributed by atoms with E-state index < -0.39 is 67.4 Å². The van der Waals surface area contributed by atoms with Crippen LogP contribution < -0.4 is 5.32 Å². The van der Waals surface area contributed by atoms with Gasteiger partial charge < -0.3 is 45.1 Å². The summed E-state index contributed by atoms with van der Waals surface area (Å²) in [6.45, 7) is 5.63. The summed E-state index contributed by atoms with van der Waals surface area (Å²) in [5, 5.41) is 56.8. The van der Waals surface area contributed by atoms with Crippen LogP contribution in [0, 0.1) is 0 Å². The third-order valence-corrected chi connectivity index (χ3v) is 13.6. The van der Waals surface area contributed by atoms with Crippen LogP contribution in [0.3, 0.4) is 0 Å². The van der Waals surface area contributed by atoms with Gasteiger partial charge in [0.05, 0.1) is 25.4 Å². The summed E-state index contributed by atoms with van der Waals surface area (Å²) < 4.78 is 17.5. The molecule has 1 aliphatic heterocycles. The van der Waals surface area contributed by atoms with E-state index in [2.05, 4.69) is 99.0 Å². The number of carbonyl (C=O) groups excluding carboxylic acids is 2. The highest BCUT2D eigenvalue weighted by molar-refractivity contribution is 5.80. The number of unbranched alkanes of at least 4 members (excludes halogenated alkanes) is 23. The summed E-state index contributed by atoms with van der Waals surface area (Å²) >= 11 is 0. The lowest BCUT2D eigenvalue weighted by molar-refractivity contribution is -0.305. The zero-order valence-corrected chi connectivity index (χ0v) is 46.9. The van der Waals surface area contributed by atoms with Crippen molar-refractivity contribution in [1.82, 2.24) is 5.32 Å². The number of amides is 1. The minimum atomic E-state index is -1.63. The van der Waals surface area contributed by atoms with Crippen LogP contribution in [-0.4, -0.2) is 99.6 Å². The minimum Gasteiger partial charge on any atom is -0.454 e. The highest BCUT2D eigenvalue weighted by atomic mass is 16.7. The van der Waals surface area contributed by atoms with E-state index in [0.717, 1.165) is 89.9 Å². The lowest BCUT2D eigenvalue weighted by atomic mass is 9.99. The van der Waals surface area contributed by atoms with E-state index in [1.54, 1.807) is 6.08 Å². The number of rotatable bonds is 49. The maximum atomic E-state index is 13.4. The summed E-state index contributed by atoms with van der Waals surface area (Å²) in [5.41, 5.74) is 0. The third kappa shape index (κ3) is 38.4. The number of hydrogen-bond donors (Lipinski definition) is 6. The highest BCUT2D eigenvalue weighted by Crippen LogP contribution is 2.26. The van der Waals surface area contributed by atoms with Gasteiger partial charge in [-0.1, -0.05) is 241 Å². The molecule has 1 saturated heterocycles. The zero-order valence-electron chi connectivity index (χ0n) is 46.9. The number of aliphatic hydroxyl groups is 5. The molecule has 0 aromatic carbocycles. The van der Waals surface area contributed by atoms with Crippen LogP contribution in [0.4, 0.5) is 0 Å². The van der Waals surface area contributed by atoms with Crippen LogP contribution in [0.1, 0.15) is 239 Å². The van der Waals surface area contributed by atoms with Crippen molar-refractivity contribution in [2.75, 3.05) is 13.2 Å². The Balaban J connectivity index is 2.72. The molecular formula is C63H109NO10. The number of ether oxygens (including phenoxy) is 3. The fraction of sp³-hybridized carbons (Fsp3) is 0.746. The number of aliphatic hydroxyl groups excluding tert-OH is 5. The number of allylic oxidation sites excluding steroid dienone is 13. The quantitative estimate of drug-likeness (QED) is 0.0195. The monoisotopic (exact) mass is 1040 g/mol. The average molecular weight is 1040 g/mol. The van der Waals surface area contributed by atoms with Crippen molar-refractivity contribution in [3.05, 3.63) is 85.1 Å². The Hall–Kier alpha value is -3.16. The second kappa shape index (κ2) is 50.6. The molecular weight excluding hydrogens is 931 g/mol. The van der Waals surface area contributed by atoms with Crippen molar-refractivity contribution < 1.29 is 49.3 Å². The van der Waals surface area contributed by atoms with E-state index in [-0.39, 0.29) is 19.4 Å². The summed E-state index contributed by atoms with van der Waals surface area (Å²) in [4.78, 5) is 26.5. The zero-order chi connectivity index (χ0) is 54.0. The van der Waals surface area contributed by atoms with Gasteiger partial charge in [0.2, 0.25) is 5.91 Å². The van der Waals surface area contributed by atoms with Crippen molar-refractivity contribution in [3.8, 4) is 0 Å². The Morgan fingerprint density at radius 1 is 0.541 bits per heavy atom. The molecule has 1 amide bonds. The molecule has 6 N–H and O–H groups in total. The molecule has 0 spiro atoms. The highest BCUT2D eigenvalue weighted by Gasteiger charge is 2.47. The van der Waals surface area contributed by atoms with Gasteiger partial charge in [0.1, 0.15) is 24.4 Å². The Morgan fingerprint density at radius 2 is 0.973 bits per heavy atom. The summed E-state index contributed by atoms with van der Waals surface area (Å²) in [7, 11) is 0. The van der Waals surface area contributed by atoms with Gasteiger partial charge >= 0.3 is 5.97 Å². The van der Waals surface area contributed by atoms with Crippen LogP contribution in [-0.2, 0) is 23.8 Å². The first-order chi connectivity index (χ1) is 36.2. The first-order valence-corrected chi connectivity index (χ1v) is 29.9. The molecule has 426 valence electrons. The number of carbonyl (C=O) groups is 2. The van der Waals surface area contributed by atoms with Crippen molar-refractivity contribution >= 4 is 11.9 Å². The molecule has 0 bridgehead atoms. The number of hydrogen-bond acceptors (Lipinski definition) is 10. The fourth-order valence-corrected chi connectivity index (χ4v) is 8.83. The molecule has 74 heavy (non-hydrogen) atoms. The van der Waals surface area contributed by atoms with Gasteiger partial charge in [0, 0.05) is 6.42 Å². The van der Waals surface area contributed by atoms with Gasteiger partial charge in [-0.05, 0) is 77.0 Å². The van der Waals surface area contributed by atoms with Gasteiger partial charge in [-0.2, -0.15) is 0 Å². The average Bonchev–Trinajstić information content (AvgIpc) is 3.40. The first kappa shape index (κ1) is 68.9. The molecule has 8 atom stereocenters. The predicted octanol–water partition coefficient (Wildman–Crippen LogP) is 13.8. The normalized spacial score (nSPS) is 19.9. The molecule has 0 aliphatic carbocycles. The molecule has 11 nitrogen and oxygen atoms in total. The van der Waals surface area contributed by atoms with E-state index in [1.807, 2.05) is 6.08 Å². The molecule has 0 radical (unpaired) electrons. The summed E-state index contributed by atoms with van der Waals surface area (Å²) in [6, 6.07) is -1.03. The maximum absolute atomic E-state index is 13.4. The Kier molecular flexibility index (Phi) is 47.1. The SMILES string of the molecule is CC/C=C\C/C=C\C/C=C\C/C=C\C/C=C\C/C=C\CCCCC(=O)OC1C(OCC(NC(=O)C(O)CCCCCCCCCCCCCC)C(O)/C=C/CCCCCCCCCCCC)OC(CO)C(O)C1O. The second-order valence-corrected chi connectivity index (χ2v) is 20.4. The molecule has 8 unspecified atom stereocenters. The van der Waals surface area contributed by atoms with Crippen LogP contribution in [0.5, 0.6) is 0 Å². The molecule has 1 heterocycles. The molecule has 0 saturated carbocycles. The van der Waals surface area contributed by atoms with Crippen LogP contribution >= 0.6 is 0 Å². The third-order valence-electron chi connectivity index (χ3n) is 13.6. The molecule has 0 aromatic rings. The van der Waals surface area contributed by atoms with Gasteiger partial charge in [0.25, 0.3) is 0 Å². The van der Waals surface area contributed by atoms with E-state index in [4.69, 9.17) is 14.2 Å². The largest absolute Gasteiger partial charge is 0.454 e. The molecule has 1 aliphatic rings. The van der Waals surface area contributed by atoms with Gasteiger partial charge in [0.15, 0.2) is 12.4 Å². The Labute approximate surface area is 451 Å². The van der Waals surface area contributed by atoms with Crippen LogP contribution in [0.15, 0.2) is 85.1 Å². The minimum absolute atomic E-state index is 0.0659. The lowest BCUT2D eigenvalue weighted by Crippen LogP contribution is -2.61. The summed E-state index contributed by atoms with van der Waals surface area (Å²) in [5.74, 6) is -1.24.